The second-order valence-corrected chi connectivity index (χ2v) is 2.27. The Labute approximate surface area is 63.6 Å². The van der Waals surface area contributed by atoms with Crippen molar-refractivity contribution in [3.05, 3.63) is 21.6 Å². The van der Waals surface area contributed by atoms with E-state index in [-0.39, 0.29) is 11.5 Å². The second kappa shape index (κ2) is 2.71. The summed E-state index contributed by atoms with van der Waals surface area (Å²) in [6.45, 7) is 3.47. The highest BCUT2D eigenvalue weighted by Gasteiger charge is 2.00. The van der Waals surface area contributed by atoms with Gasteiger partial charge in [0.1, 0.15) is 0 Å². The lowest BCUT2D eigenvalue weighted by Crippen LogP contribution is -2.19. The molecular weight excluding hydrogens is 144 g/mol. The molecule has 11 heavy (non-hydrogen) atoms. The van der Waals surface area contributed by atoms with Crippen molar-refractivity contribution in [3.63, 3.8) is 0 Å². The van der Waals surface area contributed by atoms with Crippen LogP contribution in [0.15, 0.2) is 4.79 Å². The van der Waals surface area contributed by atoms with Crippen LogP contribution in [0.2, 0.25) is 0 Å². The number of rotatable bonds is 1. The van der Waals surface area contributed by atoms with Gasteiger partial charge in [0.15, 0.2) is 0 Å². The van der Waals surface area contributed by atoms with Crippen molar-refractivity contribution >= 4 is 5.95 Å². The van der Waals surface area contributed by atoms with Gasteiger partial charge in [0.25, 0.3) is 5.56 Å². The molecule has 5 heteroatoms. The average molecular weight is 154 g/mol. The topological polar surface area (TPSA) is 83.8 Å². The molecule has 4 N–H and O–H groups in total. The van der Waals surface area contributed by atoms with Gasteiger partial charge in [0.05, 0.1) is 0 Å². The molecule has 0 amide bonds. The summed E-state index contributed by atoms with van der Waals surface area (Å²) in [6.07, 6.45) is 0. The van der Waals surface area contributed by atoms with Crippen molar-refractivity contribution in [3.8, 4) is 0 Å². The number of aromatic amines is 1. The maximum atomic E-state index is 11.0. The summed E-state index contributed by atoms with van der Waals surface area (Å²) in [7, 11) is 0. The van der Waals surface area contributed by atoms with E-state index in [0.717, 1.165) is 0 Å². The normalized spacial score (nSPS) is 9.73. The number of nitrogens with zero attached hydrogens (tertiary/aromatic N) is 1. The van der Waals surface area contributed by atoms with Crippen LogP contribution >= 0.6 is 0 Å². The summed E-state index contributed by atoms with van der Waals surface area (Å²) < 4.78 is 0. The molecule has 0 aliphatic carbocycles. The zero-order valence-corrected chi connectivity index (χ0v) is 6.43. The van der Waals surface area contributed by atoms with E-state index in [4.69, 9.17) is 5.84 Å². The summed E-state index contributed by atoms with van der Waals surface area (Å²) in [5, 5.41) is 0. The van der Waals surface area contributed by atoms with E-state index in [1.54, 1.807) is 13.8 Å². The average Bonchev–Trinajstić information content (AvgIpc) is 1.99. The van der Waals surface area contributed by atoms with Gasteiger partial charge >= 0.3 is 0 Å². The van der Waals surface area contributed by atoms with Crippen molar-refractivity contribution < 1.29 is 0 Å². The molecule has 0 saturated heterocycles. The zero-order valence-electron chi connectivity index (χ0n) is 6.43. The summed E-state index contributed by atoms with van der Waals surface area (Å²) in [5.74, 6) is 5.34. The first-order valence-corrected chi connectivity index (χ1v) is 3.19. The second-order valence-electron chi connectivity index (χ2n) is 2.27. The SMILES string of the molecule is Cc1nc(NN)[nH]c(=O)c1C. The molecule has 5 nitrogen and oxygen atoms in total. The van der Waals surface area contributed by atoms with E-state index >= 15 is 0 Å². The van der Waals surface area contributed by atoms with Crippen molar-refractivity contribution in [2.75, 3.05) is 5.43 Å². The third-order valence-electron chi connectivity index (χ3n) is 1.53. The van der Waals surface area contributed by atoms with E-state index < -0.39 is 0 Å². The van der Waals surface area contributed by atoms with Gasteiger partial charge in [-0.15, -0.1) is 0 Å². The van der Waals surface area contributed by atoms with E-state index in [0.29, 0.717) is 11.3 Å². The van der Waals surface area contributed by atoms with Crippen molar-refractivity contribution in [2.45, 2.75) is 13.8 Å². The van der Waals surface area contributed by atoms with Crippen LogP contribution in [0.1, 0.15) is 11.3 Å². The van der Waals surface area contributed by atoms with E-state index in [1.165, 1.54) is 0 Å². The monoisotopic (exact) mass is 154 g/mol. The van der Waals surface area contributed by atoms with Gasteiger partial charge in [-0.1, -0.05) is 0 Å². The van der Waals surface area contributed by atoms with Crippen molar-refractivity contribution in [1.29, 1.82) is 0 Å². The van der Waals surface area contributed by atoms with Crippen LogP contribution < -0.4 is 16.8 Å². The predicted octanol–water partition coefficient (Wildman–Crippen LogP) is -0.328. The quantitative estimate of drug-likeness (QED) is 0.382. The van der Waals surface area contributed by atoms with Crippen LogP contribution in [0.5, 0.6) is 0 Å². The fourth-order valence-electron chi connectivity index (χ4n) is 0.713. The molecular formula is C6H10N4O. The summed E-state index contributed by atoms with van der Waals surface area (Å²) in [4.78, 5) is 17.5. The molecule has 1 aromatic rings. The number of aromatic nitrogens is 2. The van der Waals surface area contributed by atoms with Crippen LogP contribution in [0, 0.1) is 13.8 Å². The lowest BCUT2D eigenvalue weighted by atomic mass is 10.3. The summed E-state index contributed by atoms with van der Waals surface area (Å²) in [6, 6.07) is 0. The Bertz CT molecular complexity index is 317. The van der Waals surface area contributed by atoms with Gasteiger partial charge < -0.3 is 0 Å². The van der Waals surface area contributed by atoms with Crippen LogP contribution in [-0.4, -0.2) is 9.97 Å². The molecule has 0 atom stereocenters. The van der Waals surface area contributed by atoms with Gasteiger partial charge in [-0.3, -0.25) is 15.2 Å². The first kappa shape index (κ1) is 7.74. The molecule has 0 aliphatic heterocycles. The summed E-state index contributed by atoms with van der Waals surface area (Å²) in [5.41, 5.74) is 3.40. The lowest BCUT2D eigenvalue weighted by Gasteiger charge is -2.01. The maximum Gasteiger partial charge on any atom is 0.255 e. The molecule has 0 radical (unpaired) electrons. The highest BCUT2D eigenvalue weighted by atomic mass is 16.1. The van der Waals surface area contributed by atoms with Crippen LogP contribution in [0.4, 0.5) is 5.95 Å². The Balaban J connectivity index is 3.32. The molecule has 0 fully saturated rings. The third-order valence-corrected chi connectivity index (χ3v) is 1.53. The van der Waals surface area contributed by atoms with Gasteiger partial charge in [-0.2, -0.15) is 0 Å². The first-order chi connectivity index (χ1) is 5.15. The third kappa shape index (κ3) is 1.38. The van der Waals surface area contributed by atoms with Crippen molar-refractivity contribution in [2.24, 2.45) is 5.84 Å². The van der Waals surface area contributed by atoms with Gasteiger partial charge in [-0.05, 0) is 13.8 Å². The van der Waals surface area contributed by atoms with Gasteiger partial charge in [0, 0.05) is 11.3 Å². The molecule has 0 aromatic carbocycles. The molecule has 1 rings (SSSR count). The molecule has 1 aromatic heterocycles. The maximum absolute atomic E-state index is 11.0. The molecule has 0 aliphatic rings. The Morgan fingerprint density at radius 1 is 1.55 bits per heavy atom. The van der Waals surface area contributed by atoms with E-state index in [2.05, 4.69) is 15.4 Å². The Morgan fingerprint density at radius 3 is 2.64 bits per heavy atom. The minimum atomic E-state index is -0.162. The van der Waals surface area contributed by atoms with E-state index in [1.807, 2.05) is 0 Å². The fourth-order valence-corrected chi connectivity index (χ4v) is 0.713. The Morgan fingerprint density at radius 2 is 2.18 bits per heavy atom. The number of nitrogen functional groups attached to an aromatic ring is 1. The summed E-state index contributed by atoms with van der Waals surface area (Å²) >= 11 is 0. The number of anilines is 1. The number of hydrogen-bond donors (Lipinski definition) is 3. The van der Waals surface area contributed by atoms with Gasteiger partial charge in [-0.25, -0.2) is 10.8 Å². The number of nitrogens with one attached hydrogen (secondary N) is 2. The van der Waals surface area contributed by atoms with Gasteiger partial charge in [0.2, 0.25) is 5.95 Å². The lowest BCUT2D eigenvalue weighted by molar-refractivity contribution is 1.01. The number of nitrogens with two attached hydrogens (primary N) is 1. The molecule has 0 spiro atoms. The van der Waals surface area contributed by atoms with Crippen LogP contribution in [-0.2, 0) is 0 Å². The molecule has 1 heterocycles. The fraction of sp³-hybridized carbons (Fsp3) is 0.333. The van der Waals surface area contributed by atoms with E-state index in [9.17, 15) is 4.79 Å². The minimum Gasteiger partial charge on any atom is -0.294 e. The number of H-pyrrole nitrogens is 1. The first-order valence-electron chi connectivity index (χ1n) is 3.19. The Kier molecular flexibility index (Phi) is 1.91. The Hall–Kier alpha value is -1.36. The highest BCUT2D eigenvalue weighted by Crippen LogP contribution is 1.97. The largest absolute Gasteiger partial charge is 0.294 e. The van der Waals surface area contributed by atoms with Crippen LogP contribution in [0.3, 0.4) is 0 Å². The minimum absolute atomic E-state index is 0.162. The van der Waals surface area contributed by atoms with Crippen LogP contribution in [0.25, 0.3) is 0 Å². The molecule has 60 valence electrons. The standard InChI is InChI=1S/C6H10N4O/c1-3-4(2)8-6(10-7)9-5(3)11/h7H2,1-2H3,(H2,8,9,10,11). The van der Waals surface area contributed by atoms with Crippen molar-refractivity contribution in [1.82, 2.24) is 9.97 Å². The number of hydrazine groups is 1. The zero-order chi connectivity index (χ0) is 8.43. The smallest absolute Gasteiger partial charge is 0.255 e. The highest BCUT2D eigenvalue weighted by molar-refractivity contribution is 5.26. The number of aryl methyl sites for hydroxylation is 1. The molecule has 0 saturated carbocycles. The molecule has 0 unspecified atom stereocenters. The predicted molar refractivity (Wildman–Crippen MR) is 42.1 cm³/mol. The molecule has 0 bridgehead atoms. The number of hydrogen-bond acceptors (Lipinski definition) is 4.